The zero-order chi connectivity index (χ0) is 15.2. The quantitative estimate of drug-likeness (QED) is 0.866. The van der Waals surface area contributed by atoms with E-state index in [2.05, 4.69) is 19.2 Å². The molecule has 0 radical (unpaired) electrons. The van der Waals surface area contributed by atoms with Gasteiger partial charge in [0.15, 0.2) is 0 Å². The van der Waals surface area contributed by atoms with E-state index in [1.165, 1.54) is 4.90 Å². The molecule has 2 saturated heterocycles. The van der Waals surface area contributed by atoms with Gasteiger partial charge in [0, 0.05) is 25.2 Å². The first-order valence-corrected chi connectivity index (χ1v) is 7.22. The zero-order valence-corrected chi connectivity index (χ0v) is 12.7. The molecule has 0 unspecified atom stereocenters. The number of rotatable bonds is 3. The first kappa shape index (κ1) is 16.0. The molecule has 6 heteroatoms. The second kappa shape index (κ2) is 5.14. The van der Waals surface area contributed by atoms with E-state index in [0.717, 1.165) is 12.8 Å². The van der Waals surface area contributed by atoms with E-state index in [9.17, 15) is 13.2 Å². The molecular weight excluding hydrogens is 269 g/mol. The predicted molar refractivity (Wildman–Crippen MR) is 71.7 cm³/mol. The Morgan fingerprint density at radius 3 is 2.40 bits per heavy atom. The second-order valence-corrected chi connectivity index (χ2v) is 7.22. The third kappa shape index (κ3) is 4.09. The summed E-state index contributed by atoms with van der Waals surface area (Å²) in [4.78, 5) is 1.48. The summed E-state index contributed by atoms with van der Waals surface area (Å²) in [5.41, 5.74) is -0.452. The van der Waals surface area contributed by atoms with Gasteiger partial charge in [0.05, 0.1) is 17.7 Å². The number of ether oxygens (including phenoxy) is 1. The molecule has 0 aromatic carbocycles. The van der Waals surface area contributed by atoms with Crippen LogP contribution in [0.3, 0.4) is 0 Å². The summed E-state index contributed by atoms with van der Waals surface area (Å²) in [6, 6.07) is 0.312. The van der Waals surface area contributed by atoms with Crippen molar-refractivity contribution in [1.82, 2.24) is 10.2 Å². The Bertz CT molecular complexity index is 355. The number of likely N-dealkylation sites (tertiary alicyclic amines) is 1. The number of alkyl halides is 3. The number of halogens is 3. The van der Waals surface area contributed by atoms with Gasteiger partial charge in [-0.1, -0.05) is 0 Å². The zero-order valence-electron chi connectivity index (χ0n) is 12.7. The first-order valence-electron chi connectivity index (χ1n) is 7.22. The summed E-state index contributed by atoms with van der Waals surface area (Å²) in [7, 11) is 0. The van der Waals surface area contributed by atoms with Crippen molar-refractivity contribution in [2.75, 3.05) is 19.6 Å². The Labute approximate surface area is 118 Å². The highest BCUT2D eigenvalue weighted by molar-refractivity contribution is 5.01. The molecule has 0 amide bonds. The number of nitrogens with zero attached hydrogens (tertiary/aromatic N) is 1. The molecule has 0 spiro atoms. The minimum absolute atomic E-state index is 0.124. The minimum atomic E-state index is -4.10. The average molecular weight is 294 g/mol. The van der Waals surface area contributed by atoms with Gasteiger partial charge in [0.1, 0.15) is 0 Å². The van der Waals surface area contributed by atoms with Crippen molar-refractivity contribution < 1.29 is 17.9 Å². The molecule has 2 aliphatic rings. The van der Waals surface area contributed by atoms with Crippen molar-refractivity contribution in [2.24, 2.45) is 0 Å². The van der Waals surface area contributed by atoms with E-state index in [1.54, 1.807) is 0 Å². The molecule has 0 aromatic rings. The van der Waals surface area contributed by atoms with Gasteiger partial charge in [-0.2, -0.15) is 13.2 Å². The molecule has 0 saturated carbocycles. The van der Waals surface area contributed by atoms with Crippen LogP contribution in [0.5, 0.6) is 0 Å². The van der Waals surface area contributed by atoms with Gasteiger partial charge in [-0.15, -0.1) is 0 Å². The maximum atomic E-state index is 12.4. The van der Waals surface area contributed by atoms with E-state index in [1.807, 2.05) is 13.8 Å². The van der Waals surface area contributed by atoms with Gasteiger partial charge in [-0.3, -0.25) is 4.90 Å². The van der Waals surface area contributed by atoms with Crippen molar-refractivity contribution >= 4 is 0 Å². The molecule has 2 heterocycles. The van der Waals surface area contributed by atoms with Gasteiger partial charge in [0.25, 0.3) is 0 Å². The van der Waals surface area contributed by atoms with Crippen LogP contribution in [-0.2, 0) is 4.74 Å². The van der Waals surface area contributed by atoms with E-state index < -0.39 is 12.7 Å². The van der Waals surface area contributed by atoms with Crippen molar-refractivity contribution in [3.63, 3.8) is 0 Å². The van der Waals surface area contributed by atoms with Gasteiger partial charge in [-0.05, 0) is 40.5 Å². The normalized spacial score (nSPS) is 33.8. The molecule has 2 rings (SSSR count). The number of nitrogens with one attached hydrogen (secondary N) is 1. The third-order valence-corrected chi connectivity index (χ3v) is 4.19. The first-order chi connectivity index (χ1) is 8.97. The summed E-state index contributed by atoms with van der Waals surface area (Å²) in [6.45, 7) is 8.37. The molecule has 20 heavy (non-hydrogen) atoms. The van der Waals surface area contributed by atoms with Gasteiger partial charge in [0.2, 0.25) is 0 Å². The number of hydrogen-bond acceptors (Lipinski definition) is 3. The molecule has 0 bridgehead atoms. The smallest absolute Gasteiger partial charge is 0.368 e. The lowest BCUT2D eigenvalue weighted by molar-refractivity contribution is -0.143. The van der Waals surface area contributed by atoms with Crippen LogP contribution in [-0.4, -0.2) is 54.0 Å². The molecule has 118 valence electrons. The molecule has 0 aliphatic carbocycles. The summed E-state index contributed by atoms with van der Waals surface area (Å²) in [5.74, 6) is 0. The summed E-state index contributed by atoms with van der Waals surface area (Å²) >= 11 is 0. The second-order valence-electron chi connectivity index (χ2n) is 7.22. The third-order valence-electron chi connectivity index (χ3n) is 4.19. The molecule has 2 fully saturated rings. The minimum Gasteiger partial charge on any atom is -0.368 e. The molecule has 1 N–H and O–H groups in total. The highest BCUT2D eigenvalue weighted by Gasteiger charge is 2.47. The Morgan fingerprint density at radius 2 is 1.90 bits per heavy atom. The standard InChI is InChI=1S/C14H25F3N2O/c1-12(2)7-11(13(3,4)20-12)18-10-5-6-19(8-10)9-14(15,16)17/h10-11,18H,5-9H2,1-4H3/t10-,11-/m0/s1. The Kier molecular flexibility index (Phi) is 4.13. The lowest BCUT2D eigenvalue weighted by Crippen LogP contribution is -2.49. The van der Waals surface area contributed by atoms with E-state index in [4.69, 9.17) is 4.74 Å². The fraction of sp³-hybridized carbons (Fsp3) is 1.00. The van der Waals surface area contributed by atoms with Crippen LogP contribution in [0.2, 0.25) is 0 Å². The maximum absolute atomic E-state index is 12.4. The summed E-state index contributed by atoms with van der Waals surface area (Å²) in [6.07, 6.45) is -2.45. The van der Waals surface area contributed by atoms with Crippen LogP contribution in [0, 0.1) is 0 Å². The predicted octanol–water partition coefficient (Wildman–Crippen LogP) is 2.56. The van der Waals surface area contributed by atoms with Gasteiger partial charge in [-0.25, -0.2) is 0 Å². The topological polar surface area (TPSA) is 24.5 Å². The van der Waals surface area contributed by atoms with Crippen molar-refractivity contribution in [3.8, 4) is 0 Å². The molecule has 2 aliphatic heterocycles. The molecule has 3 nitrogen and oxygen atoms in total. The lowest BCUT2D eigenvalue weighted by Gasteiger charge is -2.30. The van der Waals surface area contributed by atoms with Crippen LogP contribution in [0.25, 0.3) is 0 Å². The van der Waals surface area contributed by atoms with Crippen LogP contribution in [0.15, 0.2) is 0 Å². The Balaban J connectivity index is 1.86. The highest BCUT2D eigenvalue weighted by Crippen LogP contribution is 2.37. The van der Waals surface area contributed by atoms with Crippen LogP contribution in [0.4, 0.5) is 13.2 Å². The summed E-state index contributed by atoms with van der Waals surface area (Å²) < 4.78 is 43.2. The van der Waals surface area contributed by atoms with Gasteiger partial charge >= 0.3 is 6.18 Å². The molecule has 2 atom stereocenters. The monoisotopic (exact) mass is 294 g/mol. The van der Waals surface area contributed by atoms with Gasteiger partial charge < -0.3 is 10.1 Å². The van der Waals surface area contributed by atoms with Crippen LogP contribution >= 0.6 is 0 Å². The van der Waals surface area contributed by atoms with E-state index >= 15 is 0 Å². The lowest BCUT2D eigenvalue weighted by atomic mass is 9.93. The average Bonchev–Trinajstić information content (AvgIpc) is 2.66. The fourth-order valence-corrected chi connectivity index (χ4v) is 3.47. The SMILES string of the molecule is CC1(C)C[C@H](N[C@H]2CCN(CC(F)(F)F)C2)C(C)(C)O1. The fourth-order valence-electron chi connectivity index (χ4n) is 3.47. The van der Waals surface area contributed by atoms with E-state index in [-0.39, 0.29) is 23.3 Å². The molecule has 0 aromatic heterocycles. The highest BCUT2D eigenvalue weighted by atomic mass is 19.4. The maximum Gasteiger partial charge on any atom is 0.401 e. The molecular formula is C14H25F3N2O. The largest absolute Gasteiger partial charge is 0.401 e. The number of hydrogen-bond donors (Lipinski definition) is 1. The summed E-state index contributed by atoms with van der Waals surface area (Å²) in [5, 5.41) is 3.51. The van der Waals surface area contributed by atoms with Crippen molar-refractivity contribution in [3.05, 3.63) is 0 Å². The van der Waals surface area contributed by atoms with Crippen molar-refractivity contribution in [1.29, 1.82) is 0 Å². The van der Waals surface area contributed by atoms with Crippen LogP contribution < -0.4 is 5.32 Å². The Morgan fingerprint density at radius 1 is 1.25 bits per heavy atom. The van der Waals surface area contributed by atoms with E-state index in [0.29, 0.717) is 13.1 Å². The van der Waals surface area contributed by atoms with Crippen molar-refractivity contribution in [2.45, 2.75) is 70.0 Å². The Hall–Kier alpha value is -0.330. The van der Waals surface area contributed by atoms with Crippen LogP contribution in [0.1, 0.15) is 40.5 Å².